The third kappa shape index (κ3) is 2.23. The van der Waals surface area contributed by atoms with Gasteiger partial charge in [-0.05, 0) is 31.0 Å². The predicted octanol–water partition coefficient (Wildman–Crippen LogP) is 1.78. The van der Waals surface area contributed by atoms with Crippen LogP contribution in [0.15, 0.2) is 18.2 Å². The molecule has 17 heavy (non-hydrogen) atoms. The maximum atomic E-state index is 10.9. The van der Waals surface area contributed by atoms with Crippen LogP contribution in [0.25, 0.3) is 0 Å². The molecule has 1 aliphatic rings. The molecule has 1 aromatic carbocycles. The van der Waals surface area contributed by atoms with Gasteiger partial charge in [0.25, 0.3) is 0 Å². The summed E-state index contributed by atoms with van der Waals surface area (Å²) in [5.74, 6) is -1.07. The summed E-state index contributed by atoms with van der Waals surface area (Å²) in [6.45, 7) is 3.14. The van der Waals surface area contributed by atoms with E-state index in [1.54, 1.807) is 0 Å². The summed E-state index contributed by atoms with van der Waals surface area (Å²) in [6.07, 6.45) is 0.647. The van der Waals surface area contributed by atoms with Crippen LogP contribution in [0.2, 0.25) is 0 Å². The maximum Gasteiger partial charge on any atom is 0.308 e. The van der Waals surface area contributed by atoms with Crippen LogP contribution in [0.4, 0.5) is 5.69 Å². The monoisotopic (exact) mass is 230 g/mol. The Bertz CT molecular complexity index is 491. The molecule has 4 heteroatoms. The average molecular weight is 230 g/mol. The molecular weight excluding hydrogens is 216 g/mol. The summed E-state index contributed by atoms with van der Waals surface area (Å²) in [4.78, 5) is 12.9. The van der Waals surface area contributed by atoms with Gasteiger partial charge >= 0.3 is 5.97 Å². The van der Waals surface area contributed by atoms with Crippen LogP contribution < -0.4 is 4.90 Å². The number of benzene rings is 1. The molecule has 0 saturated carbocycles. The largest absolute Gasteiger partial charge is 0.481 e. The molecule has 0 aliphatic carbocycles. The van der Waals surface area contributed by atoms with Gasteiger partial charge in [-0.2, -0.15) is 5.26 Å². The molecule has 0 amide bonds. The first kappa shape index (κ1) is 11.5. The summed E-state index contributed by atoms with van der Waals surface area (Å²) < 4.78 is 0. The minimum absolute atomic E-state index is 0.317. The van der Waals surface area contributed by atoms with Crippen LogP contribution in [0.5, 0.6) is 0 Å². The molecule has 0 aromatic heterocycles. The molecule has 1 aromatic rings. The quantitative estimate of drug-likeness (QED) is 0.841. The number of carboxylic acid groups (broad SMARTS) is 1. The van der Waals surface area contributed by atoms with Crippen molar-refractivity contribution in [3.63, 3.8) is 0 Å². The first-order chi connectivity index (χ1) is 8.11. The molecule has 1 aliphatic heterocycles. The Morgan fingerprint density at radius 3 is 2.94 bits per heavy atom. The van der Waals surface area contributed by atoms with Gasteiger partial charge in [0.15, 0.2) is 0 Å². The Kier molecular flexibility index (Phi) is 3.01. The molecule has 1 unspecified atom stereocenters. The number of hydrogen-bond donors (Lipinski definition) is 1. The van der Waals surface area contributed by atoms with Crippen molar-refractivity contribution in [2.24, 2.45) is 5.92 Å². The Morgan fingerprint density at radius 2 is 2.35 bits per heavy atom. The number of nitrogens with zero attached hydrogens (tertiary/aromatic N) is 2. The maximum absolute atomic E-state index is 10.9. The average Bonchev–Trinajstić information content (AvgIpc) is 2.78. The zero-order valence-corrected chi connectivity index (χ0v) is 9.68. The van der Waals surface area contributed by atoms with Crippen LogP contribution in [0.3, 0.4) is 0 Å². The lowest BCUT2D eigenvalue weighted by Gasteiger charge is -2.19. The van der Waals surface area contributed by atoms with E-state index in [0.717, 1.165) is 11.3 Å². The third-order valence-corrected chi connectivity index (χ3v) is 3.15. The van der Waals surface area contributed by atoms with Gasteiger partial charge in [0.1, 0.15) is 6.07 Å². The van der Waals surface area contributed by atoms with Gasteiger partial charge in [-0.15, -0.1) is 0 Å². The number of nitriles is 1. The lowest BCUT2D eigenvalue weighted by atomic mass is 10.1. The number of rotatable bonds is 2. The topological polar surface area (TPSA) is 64.3 Å². The lowest BCUT2D eigenvalue weighted by Crippen LogP contribution is -2.23. The van der Waals surface area contributed by atoms with E-state index in [1.165, 1.54) is 0 Å². The van der Waals surface area contributed by atoms with E-state index in [9.17, 15) is 4.79 Å². The summed E-state index contributed by atoms with van der Waals surface area (Å²) in [5, 5.41) is 18.0. The second kappa shape index (κ2) is 4.46. The molecule has 4 nitrogen and oxygen atoms in total. The van der Waals surface area contributed by atoms with Gasteiger partial charge in [-0.1, -0.05) is 6.07 Å². The number of carbonyl (C=O) groups is 1. The fourth-order valence-corrected chi connectivity index (χ4v) is 2.20. The molecule has 2 rings (SSSR count). The smallest absolute Gasteiger partial charge is 0.308 e. The molecule has 1 fully saturated rings. The van der Waals surface area contributed by atoms with Crippen molar-refractivity contribution >= 4 is 11.7 Å². The zero-order valence-electron chi connectivity index (χ0n) is 9.68. The molecule has 1 heterocycles. The first-order valence-corrected chi connectivity index (χ1v) is 5.60. The van der Waals surface area contributed by atoms with Crippen LogP contribution in [-0.4, -0.2) is 24.2 Å². The summed E-state index contributed by atoms with van der Waals surface area (Å²) >= 11 is 0. The standard InChI is InChI=1S/C13H14N2O2/c1-9-2-3-12(11(6-9)7-14)15-5-4-10(8-15)13(16)17/h2-3,6,10H,4-5,8H2,1H3,(H,16,17). The van der Waals surface area contributed by atoms with Gasteiger partial charge in [0, 0.05) is 13.1 Å². The Morgan fingerprint density at radius 1 is 1.59 bits per heavy atom. The number of aryl methyl sites for hydroxylation is 1. The molecule has 1 N–H and O–H groups in total. The lowest BCUT2D eigenvalue weighted by molar-refractivity contribution is -0.140. The van der Waals surface area contributed by atoms with E-state index in [4.69, 9.17) is 10.4 Å². The number of anilines is 1. The van der Waals surface area contributed by atoms with Gasteiger partial charge in [-0.3, -0.25) is 4.79 Å². The SMILES string of the molecule is Cc1ccc(N2CCC(C(=O)O)C2)c(C#N)c1. The van der Waals surface area contributed by atoms with E-state index in [0.29, 0.717) is 25.1 Å². The van der Waals surface area contributed by atoms with Crippen molar-refractivity contribution in [3.05, 3.63) is 29.3 Å². The van der Waals surface area contributed by atoms with Crippen LogP contribution >= 0.6 is 0 Å². The van der Waals surface area contributed by atoms with Crippen LogP contribution in [0.1, 0.15) is 17.5 Å². The van der Waals surface area contributed by atoms with Crippen molar-refractivity contribution in [2.75, 3.05) is 18.0 Å². The molecule has 0 spiro atoms. The van der Waals surface area contributed by atoms with Crippen molar-refractivity contribution in [3.8, 4) is 6.07 Å². The minimum atomic E-state index is -0.752. The summed E-state index contributed by atoms with van der Waals surface area (Å²) in [6, 6.07) is 7.85. The number of carboxylic acids is 1. The highest BCUT2D eigenvalue weighted by Gasteiger charge is 2.29. The minimum Gasteiger partial charge on any atom is -0.481 e. The van der Waals surface area contributed by atoms with Crippen LogP contribution in [0, 0.1) is 24.2 Å². The summed E-state index contributed by atoms with van der Waals surface area (Å²) in [5.41, 5.74) is 2.51. The summed E-state index contributed by atoms with van der Waals surface area (Å²) in [7, 11) is 0. The van der Waals surface area contributed by atoms with Gasteiger partial charge in [-0.25, -0.2) is 0 Å². The number of hydrogen-bond acceptors (Lipinski definition) is 3. The van der Waals surface area contributed by atoms with E-state index in [2.05, 4.69) is 6.07 Å². The van der Waals surface area contributed by atoms with Gasteiger partial charge in [0.2, 0.25) is 0 Å². The predicted molar refractivity (Wildman–Crippen MR) is 63.8 cm³/mol. The molecule has 0 bridgehead atoms. The third-order valence-electron chi connectivity index (χ3n) is 3.15. The van der Waals surface area contributed by atoms with E-state index in [-0.39, 0.29) is 5.92 Å². The van der Waals surface area contributed by atoms with E-state index in [1.807, 2.05) is 30.0 Å². The highest BCUT2D eigenvalue weighted by molar-refractivity contribution is 5.72. The second-order valence-corrected chi connectivity index (χ2v) is 4.40. The molecular formula is C13H14N2O2. The van der Waals surface area contributed by atoms with Crippen molar-refractivity contribution in [1.29, 1.82) is 5.26 Å². The molecule has 0 radical (unpaired) electrons. The van der Waals surface area contributed by atoms with Crippen molar-refractivity contribution in [2.45, 2.75) is 13.3 Å². The second-order valence-electron chi connectivity index (χ2n) is 4.40. The van der Waals surface area contributed by atoms with E-state index >= 15 is 0 Å². The van der Waals surface area contributed by atoms with Crippen molar-refractivity contribution in [1.82, 2.24) is 0 Å². The molecule has 1 saturated heterocycles. The molecule has 1 atom stereocenters. The van der Waals surface area contributed by atoms with Gasteiger partial charge in [0.05, 0.1) is 17.2 Å². The normalized spacial score (nSPS) is 19.1. The fourth-order valence-electron chi connectivity index (χ4n) is 2.20. The Balaban J connectivity index is 2.25. The highest BCUT2D eigenvalue weighted by Crippen LogP contribution is 2.27. The van der Waals surface area contributed by atoms with Crippen molar-refractivity contribution < 1.29 is 9.90 Å². The Labute approximate surface area is 100 Å². The van der Waals surface area contributed by atoms with Crippen LogP contribution in [-0.2, 0) is 4.79 Å². The highest BCUT2D eigenvalue weighted by atomic mass is 16.4. The zero-order chi connectivity index (χ0) is 12.4. The fraction of sp³-hybridized carbons (Fsp3) is 0.385. The van der Waals surface area contributed by atoms with E-state index < -0.39 is 5.97 Å². The Hall–Kier alpha value is -2.02. The first-order valence-electron chi connectivity index (χ1n) is 5.60. The number of aliphatic carboxylic acids is 1. The van der Waals surface area contributed by atoms with Gasteiger partial charge < -0.3 is 10.0 Å². The molecule has 88 valence electrons.